The molecule has 0 spiro atoms. The molecule has 2 bridgehead atoms. The molecule has 2 unspecified atom stereocenters. The van der Waals surface area contributed by atoms with Crippen LogP contribution in [0, 0.1) is 5.92 Å². The lowest BCUT2D eigenvalue weighted by Gasteiger charge is -2.54. The standard InChI is InChI=1S/C32H58N2O3/c1-5-29(3,26-17-13-9-7-10-14-18-26)37-30(4,6-2)34-32-22-21-31(24-32,25-32)33-28(35)23-36-27-19-15-11-8-12-16-20-27/h26-27,34H,5-25H2,1-4H3,(H,33,35). The fourth-order valence-electron chi connectivity index (χ4n) is 8.26. The molecule has 5 rings (SSSR count). The zero-order valence-electron chi connectivity index (χ0n) is 24.7. The van der Waals surface area contributed by atoms with Crippen LogP contribution in [0.25, 0.3) is 0 Å². The van der Waals surface area contributed by atoms with Gasteiger partial charge in [-0.25, -0.2) is 0 Å². The van der Waals surface area contributed by atoms with Gasteiger partial charge in [0.1, 0.15) is 12.3 Å². The molecule has 1 amide bonds. The van der Waals surface area contributed by atoms with Gasteiger partial charge in [-0.2, -0.15) is 0 Å². The largest absolute Gasteiger partial charge is 0.368 e. The van der Waals surface area contributed by atoms with Gasteiger partial charge in [0.05, 0.1) is 11.7 Å². The molecule has 0 saturated heterocycles. The van der Waals surface area contributed by atoms with E-state index in [4.69, 9.17) is 9.47 Å². The van der Waals surface area contributed by atoms with Crippen molar-refractivity contribution in [1.29, 1.82) is 0 Å². The van der Waals surface area contributed by atoms with Crippen LogP contribution in [0.3, 0.4) is 0 Å². The monoisotopic (exact) mass is 518 g/mol. The molecule has 0 radical (unpaired) electrons. The minimum absolute atomic E-state index is 0.0450. The molecule has 0 heterocycles. The van der Waals surface area contributed by atoms with Crippen molar-refractivity contribution in [2.24, 2.45) is 5.92 Å². The maximum absolute atomic E-state index is 12.8. The van der Waals surface area contributed by atoms with E-state index in [-0.39, 0.29) is 41.0 Å². The Hall–Kier alpha value is -0.650. The fourth-order valence-corrected chi connectivity index (χ4v) is 8.26. The molecule has 5 aliphatic carbocycles. The van der Waals surface area contributed by atoms with E-state index in [2.05, 4.69) is 38.3 Å². The Morgan fingerprint density at radius 1 is 0.784 bits per heavy atom. The lowest BCUT2D eigenvalue weighted by atomic mass is 9.70. The van der Waals surface area contributed by atoms with Gasteiger partial charge in [-0.3, -0.25) is 10.1 Å². The lowest BCUT2D eigenvalue weighted by Crippen LogP contribution is -2.69. The molecular formula is C32H58N2O3. The van der Waals surface area contributed by atoms with E-state index in [1.165, 1.54) is 77.0 Å². The average Bonchev–Trinajstić information content (AvgIpc) is 3.32. The number of hydrogen-bond acceptors (Lipinski definition) is 4. The van der Waals surface area contributed by atoms with Crippen molar-refractivity contribution in [2.75, 3.05) is 6.61 Å². The van der Waals surface area contributed by atoms with Gasteiger partial charge in [0.15, 0.2) is 0 Å². The first-order valence-electron chi connectivity index (χ1n) is 16.2. The summed E-state index contributed by atoms with van der Waals surface area (Å²) in [5.41, 5.74) is -0.382. The minimum Gasteiger partial charge on any atom is -0.368 e. The predicted molar refractivity (Wildman–Crippen MR) is 152 cm³/mol. The molecule has 5 saturated carbocycles. The third-order valence-electron chi connectivity index (χ3n) is 10.7. The van der Waals surface area contributed by atoms with Gasteiger partial charge in [0.2, 0.25) is 5.91 Å². The lowest BCUT2D eigenvalue weighted by molar-refractivity contribution is -0.200. The van der Waals surface area contributed by atoms with E-state index < -0.39 is 0 Å². The summed E-state index contributed by atoms with van der Waals surface area (Å²) >= 11 is 0. The number of hydrogen-bond donors (Lipinski definition) is 2. The van der Waals surface area contributed by atoms with Gasteiger partial charge in [-0.05, 0) is 84.0 Å². The van der Waals surface area contributed by atoms with E-state index in [9.17, 15) is 4.79 Å². The van der Waals surface area contributed by atoms with Crippen molar-refractivity contribution in [1.82, 2.24) is 10.6 Å². The summed E-state index contributed by atoms with van der Waals surface area (Å²) in [4.78, 5) is 12.8. The maximum atomic E-state index is 12.8. The first-order valence-corrected chi connectivity index (χ1v) is 16.2. The highest BCUT2D eigenvalue weighted by Gasteiger charge is 2.63. The van der Waals surface area contributed by atoms with Crippen LogP contribution in [0.15, 0.2) is 0 Å². The summed E-state index contributed by atoms with van der Waals surface area (Å²) in [6.45, 7) is 9.44. The number of ether oxygens (including phenoxy) is 2. The average molecular weight is 519 g/mol. The number of carbonyl (C=O) groups is 1. The highest BCUT2D eigenvalue weighted by molar-refractivity contribution is 5.78. The molecule has 2 atom stereocenters. The number of nitrogens with one attached hydrogen (secondary N) is 2. The van der Waals surface area contributed by atoms with Crippen LogP contribution in [0.2, 0.25) is 0 Å². The van der Waals surface area contributed by atoms with Crippen molar-refractivity contribution in [3.05, 3.63) is 0 Å². The van der Waals surface area contributed by atoms with Gasteiger partial charge < -0.3 is 14.8 Å². The summed E-state index contributed by atoms with van der Waals surface area (Å²) < 4.78 is 13.2. The Labute approximate surface area is 228 Å². The molecule has 5 nitrogen and oxygen atoms in total. The van der Waals surface area contributed by atoms with Crippen LogP contribution in [-0.2, 0) is 14.3 Å². The number of carbonyl (C=O) groups excluding carboxylic acids is 1. The molecule has 214 valence electrons. The normalized spacial score (nSPS) is 33.2. The SMILES string of the molecule is CCC(C)(NC12CCC(NC(=O)COC3CCCCCCC3)(C1)C2)OC(C)(CC)C1CCCCCCC1. The first kappa shape index (κ1) is 29.3. The summed E-state index contributed by atoms with van der Waals surface area (Å²) in [5, 5.41) is 7.43. The zero-order valence-corrected chi connectivity index (χ0v) is 24.7. The Bertz CT molecular complexity index is 720. The van der Waals surface area contributed by atoms with Crippen molar-refractivity contribution in [3.63, 3.8) is 0 Å². The Morgan fingerprint density at radius 3 is 1.89 bits per heavy atom. The molecule has 0 aromatic heterocycles. The molecule has 0 aromatic rings. The minimum atomic E-state index is -0.338. The second-order valence-electron chi connectivity index (χ2n) is 13.8. The van der Waals surface area contributed by atoms with E-state index in [0.717, 1.165) is 51.4 Å². The summed E-state index contributed by atoms with van der Waals surface area (Å²) in [6.07, 6.45) is 24.6. The maximum Gasteiger partial charge on any atom is 0.246 e. The topological polar surface area (TPSA) is 59.6 Å². The van der Waals surface area contributed by atoms with Crippen molar-refractivity contribution in [2.45, 2.75) is 185 Å². The molecule has 5 heteroatoms. The molecule has 0 aromatic carbocycles. The van der Waals surface area contributed by atoms with Gasteiger partial charge in [-0.15, -0.1) is 0 Å². The van der Waals surface area contributed by atoms with Gasteiger partial charge >= 0.3 is 0 Å². The summed E-state index contributed by atoms with van der Waals surface area (Å²) in [6, 6.07) is 0. The van der Waals surface area contributed by atoms with Crippen molar-refractivity contribution >= 4 is 5.91 Å². The quantitative estimate of drug-likeness (QED) is 0.277. The van der Waals surface area contributed by atoms with Crippen molar-refractivity contribution < 1.29 is 14.3 Å². The highest BCUT2D eigenvalue weighted by atomic mass is 16.5. The molecule has 0 aliphatic heterocycles. The molecular weight excluding hydrogens is 460 g/mol. The number of fused-ring (bicyclic) bond motifs is 1. The van der Waals surface area contributed by atoms with Crippen molar-refractivity contribution in [3.8, 4) is 0 Å². The van der Waals surface area contributed by atoms with E-state index in [1.54, 1.807) is 0 Å². The Morgan fingerprint density at radius 2 is 1.32 bits per heavy atom. The zero-order chi connectivity index (χ0) is 26.4. The molecule has 5 fully saturated rings. The second kappa shape index (κ2) is 12.7. The summed E-state index contributed by atoms with van der Waals surface area (Å²) in [5.74, 6) is 0.721. The van der Waals surface area contributed by atoms with E-state index in [0.29, 0.717) is 5.92 Å². The molecule has 2 N–H and O–H groups in total. The first-order chi connectivity index (χ1) is 17.7. The van der Waals surface area contributed by atoms with Crippen LogP contribution < -0.4 is 10.6 Å². The molecule has 5 aliphatic rings. The third kappa shape index (κ3) is 7.51. The van der Waals surface area contributed by atoms with Crippen LogP contribution >= 0.6 is 0 Å². The fraction of sp³-hybridized carbons (Fsp3) is 0.969. The predicted octanol–water partition coefficient (Wildman–Crippen LogP) is 7.56. The highest BCUT2D eigenvalue weighted by Crippen LogP contribution is 2.56. The van der Waals surface area contributed by atoms with Gasteiger partial charge in [-0.1, -0.05) is 78.1 Å². The van der Waals surface area contributed by atoms with E-state index >= 15 is 0 Å². The Kier molecular flexibility index (Phi) is 10.1. The van der Waals surface area contributed by atoms with E-state index in [1.807, 2.05) is 0 Å². The Balaban J connectivity index is 1.28. The molecule has 37 heavy (non-hydrogen) atoms. The van der Waals surface area contributed by atoms with Gasteiger partial charge in [0, 0.05) is 11.1 Å². The summed E-state index contributed by atoms with van der Waals surface area (Å²) in [7, 11) is 0. The van der Waals surface area contributed by atoms with Crippen LogP contribution in [0.4, 0.5) is 0 Å². The smallest absolute Gasteiger partial charge is 0.246 e. The third-order valence-corrected chi connectivity index (χ3v) is 10.7. The van der Waals surface area contributed by atoms with Gasteiger partial charge in [0.25, 0.3) is 0 Å². The number of rotatable bonds is 11. The number of amides is 1. The second-order valence-corrected chi connectivity index (χ2v) is 13.8. The van der Waals surface area contributed by atoms with Crippen LogP contribution in [-0.4, -0.2) is 41.0 Å². The van der Waals surface area contributed by atoms with Crippen LogP contribution in [0.5, 0.6) is 0 Å². The van der Waals surface area contributed by atoms with Crippen LogP contribution in [0.1, 0.15) is 156 Å².